The van der Waals surface area contributed by atoms with E-state index in [-0.39, 0.29) is 11.5 Å². The number of nitrogens with one attached hydrogen (secondary N) is 1. The number of rotatable bonds is 3. The maximum absolute atomic E-state index is 13.5. The van der Waals surface area contributed by atoms with Crippen LogP contribution in [-0.2, 0) is 0 Å². The van der Waals surface area contributed by atoms with Crippen LogP contribution in [0.2, 0.25) is 0 Å². The zero-order valence-electron chi connectivity index (χ0n) is 10.1. The zero-order valence-corrected chi connectivity index (χ0v) is 10.1. The topological polar surface area (TPSA) is 55.1 Å². The molecule has 0 radical (unpaired) electrons. The van der Waals surface area contributed by atoms with Crippen LogP contribution in [0, 0.1) is 17.2 Å². The first-order valence-corrected chi connectivity index (χ1v) is 5.73. The second-order valence-electron chi connectivity index (χ2n) is 5.34. The Morgan fingerprint density at radius 2 is 2.24 bits per heavy atom. The zero-order chi connectivity index (χ0) is 12.6. The van der Waals surface area contributed by atoms with Crippen molar-refractivity contribution in [1.29, 1.82) is 0 Å². The lowest BCUT2D eigenvalue weighted by atomic mass is 10.1. The monoisotopic (exact) mass is 236 g/mol. The Morgan fingerprint density at radius 3 is 2.76 bits per heavy atom. The first-order valence-electron chi connectivity index (χ1n) is 5.73. The molecule has 0 aliphatic heterocycles. The molecule has 1 atom stereocenters. The highest BCUT2D eigenvalue weighted by Crippen LogP contribution is 2.50. The Labute approximate surface area is 100 Å². The summed E-state index contributed by atoms with van der Waals surface area (Å²) in [6, 6.07) is 4.10. The van der Waals surface area contributed by atoms with Gasteiger partial charge < -0.3 is 11.1 Å². The number of hydrogen-bond donors (Lipinski definition) is 2. The molecule has 0 heterocycles. The van der Waals surface area contributed by atoms with Gasteiger partial charge in [-0.1, -0.05) is 13.8 Å². The maximum Gasteiger partial charge on any atom is 0.254 e. The Balaban J connectivity index is 1.96. The predicted molar refractivity (Wildman–Crippen MR) is 65.0 cm³/mol. The van der Waals surface area contributed by atoms with Crippen LogP contribution in [0.15, 0.2) is 18.2 Å². The summed E-state index contributed by atoms with van der Waals surface area (Å²) in [6.07, 6.45) is 1.11. The second kappa shape index (κ2) is 4.02. The average Bonchev–Trinajstić information content (AvgIpc) is 2.83. The van der Waals surface area contributed by atoms with Crippen LogP contribution >= 0.6 is 0 Å². The average molecular weight is 236 g/mol. The molecule has 3 nitrogen and oxygen atoms in total. The third kappa shape index (κ3) is 2.57. The van der Waals surface area contributed by atoms with Crippen molar-refractivity contribution in [2.75, 3.05) is 12.3 Å². The number of halogens is 1. The summed E-state index contributed by atoms with van der Waals surface area (Å²) in [7, 11) is 0. The van der Waals surface area contributed by atoms with Crippen molar-refractivity contribution in [3.8, 4) is 0 Å². The number of carbonyl (C=O) groups excluding carboxylic acids is 1. The van der Waals surface area contributed by atoms with Crippen LogP contribution in [0.5, 0.6) is 0 Å². The first-order chi connectivity index (χ1) is 7.90. The van der Waals surface area contributed by atoms with Crippen molar-refractivity contribution in [3.63, 3.8) is 0 Å². The maximum atomic E-state index is 13.5. The van der Waals surface area contributed by atoms with E-state index in [9.17, 15) is 9.18 Å². The highest BCUT2D eigenvalue weighted by Gasteiger charge is 2.45. The number of nitrogen functional groups attached to an aromatic ring is 1. The van der Waals surface area contributed by atoms with Gasteiger partial charge in [-0.2, -0.15) is 0 Å². The van der Waals surface area contributed by atoms with Gasteiger partial charge >= 0.3 is 0 Å². The Hall–Kier alpha value is -1.58. The van der Waals surface area contributed by atoms with Crippen molar-refractivity contribution in [1.82, 2.24) is 5.32 Å². The molecule has 1 saturated carbocycles. The van der Waals surface area contributed by atoms with Gasteiger partial charge in [-0.25, -0.2) is 4.39 Å². The number of amides is 1. The summed E-state index contributed by atoms with van der Waals surface area (Å²) in [5, 5.41) is 2.76. The smallest absolute Gasteiger partial charge is 0.254 e. The van der Waals surface area contributed by atoms with Gasteiger partial charge in [0.05, 0.1) is 5.56 Å². The van der Waals surface area contributed by atoms with Crippen molar-refractivity contribution >= 4 is 11.6 Å². The standard InChI is InChI=1S/C13H17FN2O/c1-13(2)6-8(13)7-16-12(17)10-4-3-9(15)5-11(10)14/h3-5,8H,6-7,15H2,1-2H3,(H,16,17). The van der Waals surface area contributed by atoms with Crippen LogP contribution in [0.25, 0.3) is 0 Å². The third-order valence-corrected chi connectivity index (χ3v) is 3.46. The van der Waals surface area contributed by atoms with Gasteiger partial charge in [-0.3, -0.25) is 4.79 Å². The molecule has 1 aromatic rings. The van der Waals surface area contributed by atoms with E-state index in [1.807, 2.05) is 0 Å². The Morgan fingerprint density at radius 1 is 1.59 bits per heavy atom. The molecule has 0 spiro atoms. The molecule has 0 saturated heterocycles. The number of nitrogens with two attached hydrogens (primary N) is 1. The Kier molecular flexibility index (Phi) is 2.81. The van der Waals surface area contributed by atoms with Crippen LogP contribution in [0.4, 0.5) is 10.1 Å². The van der Waals surface area contributed by atoms with Crippen LogP contribution in [0.1, 0.15) is 30.6 Å². The number of carbonyl (C=O) groups is 1. The van der Waals surface area contributed by atoms with Gasteiger partial charge in [0.15, 0.2) is 0 Å². The Bertz CT molecular complexity index is 457. The van der Waals surface area contributed by atoms with E-state index in [0.717, 1.165) is 12.5 Å². The van der Waals surface area contributed by atoms with Gasteiger partial charge in [-0.15, -0.1) is 0 Å². The number of anilines is 1. The molecular weight excluding hydrogens is 219 g/mol. The lowest BCUT2D eigenvalue weighted by Crippen LogP contribution is -2.27. The summed E-state index contributed by atoms with van der Waals surface area (Å²) in [4.78, 5) is 11.7. The molecule has 1 aliphatic rings. The van der Waals surface area contributed by atoms with E-state index < -0.39 is 5.82 Å². The minimum absolute atomic E-state index is 0.0534. The number of benzene rings is 1. The van der Waals surface area contributed by atoms with E-state index in [2.05, 4.69) is 19.2 Å². The summed E-state index contributed by atoms with van der Waals surface area (Å²) in [5.41, 5.74) is 6.11. The minimum Gasteiger partial charge on any atom is -0.399 e. The fourth-order valence-electron chi connectivity index (χ4n) is 1.95. The van der Waals surface area contributed by atoms with Crippen LogP contribution < -0.4 is 11.1 Å². The lowest BCUT2D eigenvalue weighted by molar-refractivity contribution is 0.0946. The molecule has 3 N–H and O–H groups in total. The van der Waals surface area contributed by atoms with Gasteiger partial charge in [0.1, 0.15) is 5.82 Å². The summed E-state index contributed by atoms with van der Waals surface area (Å²) >= 11 is 0. The molecule has 1 fully saturated rings. The van der Waals surface area contributed by atoms with Gasteiger partial charge in [0.2, 0.25) is 0 Å². The molecule has 1 aliphatic carbocycles. The molecule has 17 heavy (non-hydrogen) atoms. The quantitative estimate of drug-likeness (QED) is 0.790. The van der Waals surface area contributed by atoms with Crippen LogP contribution in [-0.4, -0.2) is 12.5 Å². The summed E-state index contributed by atoms with van der Waals surface area (Å²) in [5.74, 6) is -0.439. The first kappa shape index (κ1) is 11.9. The lowest BCUT2D eigenvalue weighted by Gasteiger charge is -2.07. The normalized spacial score (nSPS) is 21.0. The highest BCUT2D eigenvalue weighted by molar-refractivity contribution is 5.94. The molecule has 1 aromatic carbocycles. The predicted octanol–water partition coefficient (Wildman–Crippen LogP) is 2.18. The van der Waals surface area contributed by atoms with Crippen LogP contribution in [0.3, 0.4) is 0 Å². The SMILES string of the molecule is CC1(C)CC1CNC(=O)c1ccc(N)cc1F. The second-order valence-corrected chi connectivity index (χ2v) is 5.34. The fourth-order valence-corrected chi connectivity index (χ4v) is 1.95. The third-order valence-electron chi connectivity index (χ3n) is 3.46. The molecule has 2 rings (SSSR count). The van der Waals surface area contributed by atoms with Crippen molar-refractivity contribution in [2.45, 2.75) is 20.3 Å². The van der Waals surface area contributed by atoms with Gasteiger partial charge in [-0.05, 0) is 36.0 Å². The van der Waals surface area contributed by atoms with Gasteiger partial charge in [0.25, 0.3) is 5.91 Å². The summed E-state index contributed by atoms with van der Waals surface area (Å²) in [6.45, 7) is 4.93. The van der Waals surface area contributed by atoms with Crippen molar-refractivity contribution in [3.05, 3.63) is 29.6 Å². The van der Waals surface area contributed by atoms with Gasteiger partial charge in [0, 0.05) is 12.2 Å². The van der Waals surface area contributed by atoms with E-state index >= 15 is 0 Å². The minimum atomic E-state index is -0.572. The summed E-state index contributed by atoms with van der Waals surface area (Å²) < 4.78 is 13.5. The van der Waals surface area contributed by atoms with E-state index in [4.69, 9.17) is 5.73 Å². The van der Waals surface area contributed by atoms with E-state index in [1.54, 1.807) is 0 Å². The molecule has 92 valence electrons. The fraction of sp³-hybridized carbons (Fsp3) is 0.462. The molecule has 0 bridgehead atoms. The molecule has 1 unspecified atom stereocenters. The van der Waals surface area contributed by atoms with E-state index in [1.165, 1.54) is 12.1 Å². The highest BCUT2D eigenvalue weighted by atomic mass is 19.1. The molecule has 4 heteroatoms. The van der Waals surface area contributed by atoms with E-state index in [0.29, 0.717) is 23.6 Å². The number of hydrogen-bond acceptors (Lipinski definition) is 2. The largest absolute Gasteiger partial charge is 0.399 e. The molecule has 0 aromatic heterocycles. The van der Waals surface area contributed by atoms with Crippen molar-refractivity contribution in [2.24, 2.45) is 11.3 Å². The molecular formula is C13H17FN2O. The van der Waals surface area contributed by atoms with Crippen molar-refractivity contribution < 1.29 is 9.18 Å². The molecule has 1 amide bonds.